The number of imidazole rings is 1. The van der Waals surface area contributed by atoms with Crippen molar-refractivity contribution in [3.05, 3.63) is 35.0 Å². The number of hydrogen-bond acceptors (Lipinski definition) is 7. The highest BCUT2D eigenvalue weighted by atomic mass is 32.2. The van der Waals surface area contributed by atoms with Crippen molar-refractivity contribution in [3.8, 4) is 0 Å². The van der Waals surface area contributed by atoms with Crippen molar-refractivity contribution in [2.75, 3.05) is 6.54 Å². The van der Waals surface area contributed by atoms with Gasteiger partial charge in [0.1, 0.15) is 16.2 Å². The second kappa shape index (κ2) is 8.50. The molecule has 0 bridgehead atoms. The van der Waals surface area contributed by atoms with Gasteiger partial charge in [-0.3, -0.25) is 0 Å². The first-order chi connectivity index (χ1) is 15.0. The third-order valence-corrected chi connectivity index (χ3v) is 9.02. The number of aromatic amines is 1. The summed E-state index contributed by atoms with van der Waals surface area (Å²) in [4.78, 5) is 19.6. The molecule has 0 unspecified atom stereocenters. The van der Waals surface area contributed by atoms with Crippen molar-refractivity contribution in [1.82, 2.24) is 24.7 Å². The zero-order valence-corrected chi connectivity index (χ0v) is 19.6. The molecule has 1 aliphatic carbocycles. The maximum atomic E-state index is 12.5. The molecule has 0 fully saturated rings. The van der Waals surface area contributed by atoms with E-state index in [0.29, 0.717) is 17.2 Å². The minimum Gasteiger partial charge on any atom is -0.333 e. The number of benzene rings is 1. The molecule has 3 aromatic heterocycles. The zero-order chi connectivity index (χ0) is 21.4. The largest absolute Gasteiger partial charge is 0.333 e. The topological polar surface area (TPSA) is 101 Å². The highest BCUT2D eigenvalue weighted by Gasteiger charge is 2.21. The van der Waals surface area contributed by atoms with E-state index in [2.05, 4.69) is 24.7 Å². The average Bonchev–Trinajstić information content (AvgIpc) is 3.34. The standard InChI is InChI=1S/C21H23N5O2S3/c1-2-3-10-24-31(27,28)13-8-9-15-16(11-13)26-21(25-15)30-20-18-14-6-4-5-7-17(14)29-19(18)22-12-23-20/h8-9,11-12,24H,2-7,10H2,1H3,(H,25,26). The molecule has 0 atom stereocenters. The van der Waals surface area contributed by atoms with Gasteiger partial charge < -0.3 is 4.98 Å². The zero-order valence-electron chi connectivity index (χ0n) is 17.1. The molecule has 31 heavy (non-hydrogen) atoms. The van der Waals surface area contributed by atoms with E-state index < -0.39 is 10.0 Å². The highest BCUT2D eigenvalue weighted by Crippen LogP contribution is 2.40. The van der Waals surface area contributed by atoms with Crippen LogP contribution in [0.4, 0.5) is 0 Å². The molecular formula is C21H23N5O2S3. The molecular weight excluding hydrogens is 450 g/mol. The second-order valence-electron chi connectivity index (χ2n) is 7.64. The SMILES string of the molecule is CCCCNS(=O)(=O)c1ccc2nc(Sc3ncnc4sc5c(c34)CCCC5)[nH]c2c1. The molecule has 2 N–H and O–H groups in total. The number of nitrogens with one attached hydrogen (secondary N) is 2. The second-order valence-corrected chi connectivity index (χ2v) is 11.5. The predicted molar refractivity (Wildman–Crippen MR) is 124 cm³/mol. The smallest absolute Gasteiger partial charge is 0.240 e. The van der Waals surface area contributed by atoms with Gasteiger partial charge in [0.2, 0.25) is 10.0 Å². The van der Waals surface area contributed by atoms with E-state index in [-0.39, 0.29) is 4.90 Å². The summed E-state index contributed by atoms with van der Waals surface area (Å²) in [6, 6.07) is 4.99. The first-order valence-corrected chi connectivity index (χ1v) is 13.6. The van der Waals surface area contributed by atoms with Gasteiger partial charge in [-0.1, -0.05) is 13.3 Å². The molecule has 1 aromatic carbocycles. The fourth-order valence-corrected chi connectivity index (χ4v) is 7.18. The maximum Gasteiger partial charge on any atom is 0.240 e. The van der Waals surface area contributed by atoms with Crippen LogP contribution in [0.25, 0.3) is 21.3 Å². The van der Waals surface area contributed by atoms with Crippen molar-refractivity contribution in [2.24, 2.45) is 0 Å². The van der Waals surface area contributed by atoms with E-state index in [1.807, 2.05) is 6.92 Å². The van der Waals surface area contributed by atoms with Crippen LogP contribution in [-0.2, 0) is 22.9 Å². The van der Waals surface area contributed by atoms with E-state index in [1.165, 1.54) is 35.0 Å². The number of sulfonamides is 1. The Morgan fingerprint density at radius 3 is 2.97 bits per heavy atom. The number of fused-ring (bicyclic) bond motifs is 4. The molecule has 0 radical (unpaired) electrons. The highest BCUT2D eigenvalue weighted by molar-refractivity contribution is 7.99. The Balaban J connectivity index is 1.46. The van der Waals surface area contributed by atoms with Crippen LogP contribution in [0.5, 0.6) is 0 Å². The molecule has 0 aliphatic heterocycles. The van der Waals surface area contributed by atoms with Crippen molar-refractivity contribution < 1.29 is 8.42 Å². The van der Waals surface area contributed by atoms with Crippen LogP contribution in [0, 0.1) is 0 Å². The Morgan fingerprint density at radius 2 is 2.10 bits per heavy atom. The van der Waals surface area contributed by atoms with E-state index in [4.69, 9.17) is 0 Å². The molecule has 10 heteroatoms. The Bertz CT molecular complexity index is 1360. The quantitative estimate of drug-likeness (QED) is 0.299. The average molecular weight is 474 g/mol. The number of aromatic nitrogens is 4. The summed E-state index contributed by atoms with van der Waals surface area (Å²) in [6.45, 7) is 2.47. The fraction of sp³-hybridized carbons (Fsp3) is 0.381. The third-order valence-electron chi connectivity index (χ3n) is 5.47. The Kier molecular flexibility index (Phi) is 5.72. The lowest BCUT2D eigenvalue weighted by Crippen LogP contribution is -2.24. The van der Waals surface area contributed by atoms with Crippen LogP contribution in [0.3, 0.4) is 0 Å². The predicted octanol–water partition coefficient (Wildman–Crippen LogP) is 4.68. The lowest BCUT2D eigenvalue weighted by molar-refractivity contribution is 0.578. The molecule has 5 rings (SSSR count). The van der Waals surface area contributed by atoms with Crippen LogP contribution in [0.2, 0.25) is 0 Å². The van der Waals surface area contributed by atoms with Gasteiger partial charge in [-0.05, 0) is 67.6 Å². The number of aryl methyl sites for hydroxylation is 2. The fourth-order valence-electron chi connectivity index (χ4n) is 3.88. The van der Waals surface area contributed by atoms with Crippen molar-refractivity contribution in [1.29, 1.82) is 0 Å². The lowest BCUT2D eigenvalue weighted by Gasteiger charge is -2.11. The number of H-pyrrole nitrogens is 1. The Morgan fingerprint density at radius 1 is 1.23 bits per heavy atom. The summed E-state index contributed by atoms with van der Waals surface area (Å²) in [7, 11) is -3.53. The van der Waals surface area contributed by atoms with Crippen LogP contribution in [0.1, 0.15) is 43.0 Å². The third kappa shape index (κ3) is 4.09. The van der Waals surface area contributed by atoms with E-state index in [1.54, 1.807) is 35.9 Å². The van der Waals surface area contributed by atoms with Crippen LogP contribution >= 0.6 is 23.1 Å². The van der Waals surface area contributed by atoms with Crippen molar-refractivity contribution >= 4 is 54.4 Å². The normalized spacial score (nSPS) is 14.4. The number of rotatable bonds is 7. The van der Waals surface area contributed by atoms with Gasteiger partial charge in [0.05, 0.1) is 15.9 Å². The summed E-state index contributed by atoms with van der Waals surface area (Å²) in [5, 5.41) is 2.74. The summed E-state index contributed by atoms with van der Waals surface area (Å²) in [5.74, 6) is 0. The molecule has 0 amide bonds. The molecule has 0 saturated carbocycles. The van der Waals surface area contributed by atoms with Crippen molar-refractivity contribution in [2.45, 2.75) is 60.5 Å². The summed E-state index contributed by atoms with van der Waals surface area (Å²) >= 11 is 3.25. The molecule has 1 aliphatic rings. The molecule has 0 saturated heterocycles. The lowest BCUT2D eigenvalue weighted by atomic mass is 9.97. The van der Waals surface area contributed by atoms with E-state index in [0.717, 1.165) is 46.4 Å². The number of thiophene rings is 1. The number of hydrogen-bond donors (Lipinski definition) is 2. The maximum absolute atomic E-state index is 12.5. The molecule has 162 valence electrons. The molecule has 4 aromatic rings. The molecule has 0 spiro atoms. The van der Waals surface area contributed by atoms with Gasteiger partial charge in [-0.2, -0.15) is 0 Å². The summed E-state index contributed by atoms with van der Waals surface area (Å²) in [5.41, 5.74) is 2.81. The number of nitrogens with zero attached hydrogens (tertiary/aromatic N) is 3. The summed E-state index contributed by atoms with van der Waals surface area (Å²) in [6.07, 6.45) is 7.99. The van der Waals surface area contributed by atoms with E-state index in [9.17, 15) is 8.42 Å². The van der Waals surface area contributed by atoms with Gasteiger partial charge in [-0.15, -0.1) is 11.3 Å². The van der Waals surface area contributed by atoms with Gasteiger partial charge in [0.25, 0.3) is 0 Å². The summed E-state index contributed by atoms with van der Waals surface area (Å²) < 4.78 is 27.7. The first kappa shape index (κ1) is 20.9. The van der Waals surface area contributed by atoms with Crippen LogP contribution in [0.15, 0.2) is 39.6 Å². The van der Waals surface area contributed by atoms with Gasteiger partial charge >= 0.3 is 0 Å². The Labute approximate surface area is 189 Å². The van der Waals surface area contributed by atoms with Gasteiger partial charge in [-0.25, -0.2) is 28.1 Å². The monoisotopic (exact) mass is 473 g/mol. The molecule has 7 nitrogen and oxygen atoms in total. The molecule has 3 heterocycles. The van der Waals surface area contributed by atoms with E-state index >= 15 is 0 Å². The first-order valence-electron chi connectivity index (χ1n) is 10.5. The Hall–Kier alpha value is -2.01. The van der Waals surface area contributed by atoms with Crippen LogP contribution in [-0.4, -0.2) is 34.9 Å². The van der Waals surface area contributed by atoms with Crippen LogP contribution < -0.4 is 4.72 Å². The van der Waals surface area contributed by atoms with Gasteiger partial charge in [0.15, 0.2) is 5.16 Å². The minimum atomic E-state index is -3.53. The van der Waals surface area contributed by atoms with Crippen molar-refractivity contribution in [3.63, 3.8) is 0 Å². The minimum absolute atomic E-state index is 0.243. The van der Waals surface area contributed by atoms with Gasteiger partial charge in [0, 0.05) is 16.8 Å². The number of unbranched alkanes of at least 4 members (excludes halogenated alkanes) is 1.